The molecular formula is C18H22FN3OS. The summed E-state index contributed by atoms with van der Waals surface area (Å²) in [6.45, 7) is 3.02. The fourth-order valence-corrected chi connectivity index (χ4v) is 3.85. The Hall–Kier alpha value is -1.82. The standard InChI is InChI=1S/C18H22FN3OS/c1-2-15-5-3-4-10-22(15)17(23)12-24-18-20-11-16(21-18)13-6-8-14(19)9-7-13/h6-9,11,15H,2-5,10,12H2,1H3,(H,20,21)/t15-/m0/s1. The molecule has 0 radical (unpaired) electrons. The van der Waals surface area contributed by atoms with Gasteiger partial charge in [0.1, 0.15) is 5.82 Å². The predicted octanol–water partition coefficient (Wildman–Crippen LogP) is 4.10. The smallest absolute Gasteiger partial charge is 0.233 e. The number of hydrogen-bond donors (Lipinski definition) is 1. The summed E-state index contributed by atoms with van der Waals surface area (Å²) >= 11 is 1.42. The summed E-state index contributed by atoms with van der Waals surface area (Å²) in [5, 5.41) is 0.715. The number of imidazole rings is 1. The van der Waals surface area contributed by atoms with E-state index in [0.717, 1.165) is 37.1 Å². The first-order valence-corrected chi connectivity index (χ1v) is 9.39. The van der Waals surface area contributed by atoms with E-state index in [2.05, 4.69) is 16.9 Å². The number of H-pyrrole nitrogens is 1. The molecule has 1 saturated heterocycles. The zero-order chi connectivity index (χ0) is 16.9. The molecular weight excluding hydrogens is 325 g/mol. The van der Waals surface area contributed by atoms with E-state index in [0.29, 0.717) is 17.0 Å². The first-order valence-electron chi connectivity index (χ1n) is 8.40. The SMILES string of the molecule is CC[C@H]1CCCCN1C(=O)CSc1ncc(-c2ccc(F)cc2)[nH]1. The molecule has 1 atom stereocenters. The lowest BCUT2D eigenvalue weighted by Gasteiger charge is -2.35. The predicted molar refractivity (Wildman–Crippen MR) is 94.3 cm³/mol. The molecule has 6 heteroatoms. The number of thioether (sulfide) groups is 1. The number of nitrogens with one attached hydrogen (secondary N) is 1. The first-order chi connectivity index (χ1) is 11.7. The Bertz CT molecular complexity index is 686. The van der Waals surface area contributed by atoms with Crippen LogP contribution in [-0.4, -0.2) is 39.1 Å². The van der Waals surface area contributed by atoms with Crippen molar-refractivity contribution in [1.29, 1.82) is 0 Å². The number of benzene rings is 1. The maximum atomic E-state index is 13.0. The van der Waals surface area contributed by atoms with Gasteiger partial charge in [-0.15, -0.1) is 0 Å². The third kappa shape index (κ3) is 3.98. The molecule has 0 saturated carbocycles. The number of piperidine rings is 1. The van der Waals surface area contributed by atoms with Crippen LogP contribution in [-0.2, 0) is 4.79 Å². The van der Waals surface area contributed by atoms with Gasteiger partial charge in [0.2, 0.25) is 5.91 Å². The quantitative estimate of drug-likeness (QED) is 0.829. The van der Waals surface area contributed by atoms with Crippen molar-refractivity contribution in [3.8, 4) is 11.3 Å². The van der Waals surface area contributed by atoms with Crippen molar-refractivity contribution in [3.63, 3.8) is 0 Å². The van der Waals surface area contributed by atoms with Gasteiger partial charge in [-0.1, -0.05) is 18.7 Å². The van der Waals surface area contributed by atoms with Gasteiger partial charge < -0.3 is 9.88 Å². The molecule has 0 bridgehead atoms. The van der Waals surface area contributed by atoms with Gasteiger partial charge in [0.15, 0.2) is 5.16 Å². The molecule has 128 valence electrons. The number of likely N-dealkylation sites (tertiary alicyclic amines) is 1. The Morgan fingerprint density at radius 2 is 2.17 bits per heavy atom. The number of nitrogens with zero attached hydrogens (tertiary/aromatic N) is 2. The van der Waals surface area contributed by atoms with Crippen molar-refractivity contribution in [2.75, 3.05) is 12.3 Å². The number of carbonyl (C=O) groups is 1. The Morgan fingerprint density at radius 1 is 1.38 bits per heavy atom. The highest BCUT2D eigenvalue weighted by atomic mass is 32.2. The van der Waals surface area contributed by atoms with Crippen LogP contribution in [0, 0.1) is 5.82 Å². The van der Waals surface area contributed by atoms with Crippen molar-refractivity contribution in [2.45, 2.75) is 43.8 Å². The van der Waals surface area contributed by atoms with Crippen molar-refractivity contribution in [2.24, 2.45) is 0 Å². The van der Waals surface area contributed by atoms with E-state index in [1.807, 2.05) is 4.90 Å². The third-order valence-corrected chi connectivity index (χ3v) is 5.33. The second-order valence-corrected chi connectivity index (χ2v) is 7.01. The molecule has 0 aliphatic carbocycles. The van der Waals surface area contributed by atoms with Crippen LogP contribution in [0.1, 0.15) is 32.6 Å². The van der Waals surface area contributed by atoms with E-state index in [9.17, 15) is 9.18 Å². The minimum absolute atomic E-state index is 0.186. The maximum Gasteiger partial charge on any atom is 0.233 e. The molecule has 4 nitrogen and oxygen atoms in total. The van der Waals surface area contributed by atoms with E-state index in [4.69, 9.17) is 0 Å². The molecule has 1 aromatic carbocycles. The minimum atomic E-state index is -0.259. The number of halogens is 1. The van der Waals surface area contributed by atoms with E-state index in [1.54, 1.807) is 18.3 Å². The van der Waals surface area contributed by atoms with Gasteiger partial charge >= 0.3 is 0 Å². The van der Waals surface area contributed by atoms with Crippen molar-refractivity contribution in [3.05, 3.63) is 36.3 Å². The molecule has 1 aliphatic heterocycles. The fourth-order valence-electron chi connectivity index (χ4n) is 3.12. The zero-order valence-corrected chi connectivity index (χ0v) is 14.6. The van der Waals surface area contributed by atoms with Crippen molar-refractivity contribution in [1.82, 2.24) is 14.9 Å². The summed E-state index contributed by atoms with van der Waals surface area (Å²) in [5.74, 6) is 0.323. The Morgan fingerprint density at radius 3 is 2.92 bits per heavy atom. The highest BCUT2D eigenvalue weighted by Gasteiger charge is 2.25. The molecule has 2 heterocycles. The average molecular weight is 347 g/mol. The topological polar surface area (TPSA) is 49.0 Å². The lowest BCUT2D eigenvalue weighted by atomic mass is 10.0. The summed E-state index contributed by atoms with van der Waals surface area (Å²) in [5.41, 5.74) is 1.71. The van der Waals surface area contributed by atoms with Crippen LogP contribution < -0.4 is 0 Å². The summed E-state index contributed by atoms with van der Waals surface area (Å²) in [6, 6.07) is 6.66. The second kappa shape index (κ2) is 7.83. The van der Waals surface area contributed by atoms with Crippen LogP contribution >= 0.6 is 11.8 Å². The highest BCUT2D eigenvalue weighted by molar-refractivity contribution is 7.99. The van der Waals surface area contributed by atoms with Gasteiger partial charge in [0, 0.05) is 12.6 Å². The van der Waals surface area contributed by atoms with Crippen LogP contribution in [0.25, 0.3) is 11.3 Å². The monoisotopic (exact) mass is 347 g/mol. The van der Waals surface area contributed by atoms with Crippen LogP contribution in [0.3, 0.4) is 0 Å². The average Bonchev–Trinajstić information content (AvgIpc) is 3.09. The van der Waals surface area contributed by atoms with Gasteiger partial charge in [0.05, 0.1) is 17.6 Å². The fraction of sp³-hybridized carbons (Fsp3) is 0.444. The minimum Gasteiger partial charge on any atom is -0.339 e. The van der Waals surface area contributed by atoms with E-state index < -0.39 is 0 Å². The zero-order valence-electron chi connectivity index (χ0n) is 13.8. The molecule has 1 fully saturated rings. The Labute approximate surface area is 145 Å². The summed E-state index contributed by atoms with van der Waals surface area (Å²) < 4.78 is 13.0. The van der Waals surface area contributed by atoms with Crippen molar-refractivity contribution < 1.29 is 9.18 Å². The van der Waals surface area contributed by atoms with Crippen LogP contribution in [0.2, 0.25) is 0 Å². The van der Waals surface area contributed by atoms with Gasteiger partial charge in [-0.2, -0.15) is 0 Å². The number of rotatable bonds is 5. The number of carbonyl (C=O) groups excluding carboxylic acids is 1. The molecule has 24 heavy (non-hydrogen) atoms. The highest BCUT2D eigenvalue weighted by Crippen LogP contribution is 2.24. The summed E-state index contributed by atoms with van der Waals surface area (Å²) in [6.07, 6.45) is 6.17. The third-order valence-electron chi connectivity index (χ3n) is 4.46. The normalized spacial score (nSPS) is 17.9. The van der Waals surface area contributed by atoms with Gasteiger partial charge in [-0.25, -0.2) is 9.37 Å². The molecule has 0 spiro atoms. The molecule has 1 N–H and O–H groups in total. The van der Waals surface area contributed by atoms with Crippen LogP contribution in [0.5, 0.6) is 0 Å². The Kier molecular flexibility index (Phi) is 5.56. The molecule has 3 rings (SSSR count). The summed E-state index contributed by atoms with van der Waals surface area (Å²) in [4.78, 5) is 22.0. The van der Waals surface area contributed by atoms with Gasteiger partial charge in [-0.05, 0) is 55.5 Å². The lowest BCUT2D eigenvalue weighted by Crippen LogP contribution is -2.44. The molecule has 2 aromatic rings. The second-order valence-electron chi connectivity index (χ2n) is 6.04. The number of aromatic amines is 1. The van der Waals surface area contributed by atoms with Gasteiger partial charge in [-0.3, -0.25) is 4.79 Å². The number of aromatic nitrogens is 2. The summed E-state index contributed by atoms with van der Waals surface area (Å²) in [7, 11) is 0. The van der Waals surface area contributed by atoms with Crippen LogP contribution in [0.15, 0.2) is 35.6 Å². The number of hydrogen-bond acceptors (Lipinski definition) is 3. The van der Waals surface area contributed by atoms with Gasteiger partial charge in [0.25, 0.3) is 0 Å². The van der Waals surface area contributed by atoms with E-state index >= 15 is 0 Å². The van der Waals surface area contributed by atoms with E-state index in [-0.39, 0.29) is 11.7 Å². The van der Waals surface area contributed by atoms with Crippen molar-refractivity contribution >= 4 is 17.7 Å². The molecule has 0 unspecified atom stereocenters. The largest absolute Gasteiger partial charge is 0.339 e. The van der Waals surface area contributed by atoms with Crippen LogP contribution in [0.4, 0.5) is 4.39 Å². The molecule has 1 aliphatic rings. The lowest BCUT2D eigenvalue weighted by molar-refractivity contribution is -0.132. The molecule has 1 amide bonds. The Balaban J connectivity index is 1.59. The maximum absolute atomic E-state index is 13.0. The first kappa shape index (κ1) is 17.0. The number of amides is 1. The van der Waals surface area contributed by atoms with E-state index in [1.165, 1.54) is 30.3 Å². The molecule has 1 aromatic heterocycles.